The maximum Gasteiger partial charge on any atom is 0.0965 e. The molecule has 0 N–H and O–H groups in total. The fourth-order valence-electron chi connectivity index (χ4n) is 2.06. The average Bonchev–Trinajstić information content (AvgIpc) is 2.59. The van der Waals surface area contributed by atoms with Crippen LogP contribution in [-0.2, 0) is 22.9 Å². The molecule has 0 spiro atoms. The predicted molar refractivity (Wildman–Crippen MR) is 92.3 cm³/mol. The van der Waals surface area contributed by atoms with Crippen molar-refractivity contribution in [1.29, 1.82) is 0 Å². The molecule has 0 bridgehead atoms. The number of rotatable bonds is 9. The lowest BCUT2D eigenvalue weighted by Crippen LogP contribution is -2.21. The van der Waals surface area contributed by atoms with E-state index in [9.17, 15) is 0 Å². The SMILES string of the molecule is CCP(CC)N(OCc1ccccc1)OCc1ccccc1. The first-order valence-corrected chi connectivity index (χ1v) is 9.38. The highest BCUT2D eigenvalue weighted by Crippen LogP contribution is 2.40. The lowest BCUT2D eigenvalue weighted by Gasteiger charge is -2.28. The van der Waals surface area contributed by atoms with Crippen molar-refractivity contribution in [3.05, 3.63) is 71.8 Å². The van der Waals surface area contributed by atoms with E-state index in [0.29, 0.717) is 13.2 Å². The molecule has 0 aliphatic carbocycles. The first-order valence-electron chi connectivity index (χ1n) is 7.72. The predicted octanol–water partition coefficient (Wildman–Crippen LogP) is 4.99. The van der Waals surface area contributed by atoms with E-state index in [4.69, 9.17) is 9.68 Å². The van der Waals surface area contributed by atoms with Gasteiger partial charge >= 0.3 is 0 Å². The normalized spacial score (nSPS) is 11.3. The Morgan fingerprint density at radius 3 is 1.50 bits per heavy atom. The van der Waals surface area contributed by atoms with Gasteiger partial charge in [-0.25, -0.2) is 0 Å². The molecular weight excluding hydrogens is 293 g/mol. The molecule has 0 fully saturated rings. The molecule has 0 heterocycles. The van der Waals surface area contributed by atoms with E-state index in [0.717, 1.165) is 23.5 Å². The summed E-state index contributed by atoms with van der Waals surface area (Å²) in [5, 5.41) is 0. The van der Waals surface area contributed by atoms with Crippen LogP contribution in [0.25, 0.3) is 0 Å². The molecule has 0 amide bonds. The number of hydrogen-bond acceptors (Lipinski definition) is 3. The smallest absolute Gasteiger partial charge is 0.0965 e. The third-order valence-corrected chi connectivity index (χ3v) is 5.48. The molecule has 118 valence electrons. The zero-order valence-electron chi connectivity index (χ0n) is 13.3. The minimum Gasteiger partial charge on any atom is -0.266 e. The number of hydrogen-bond donors (Lipinski definition) is 0. The first kappa shape index (κ1) is 17.1. The fourth-order valence-corrected chi connectivity index (χ4v) is 3.41. The lowest BCUT2D eigenvalue weighted by atomic mass is 10.2. The van der Waals surface area contributed by atoms with Gasteiger partial charge in [0.2, 0.25) is 0 Å². The number of benzene rings is 2. The van der Waals surface area contributed by atoms with Crippen molar-refractivity contribution < 1.29 is 9.68 Å². The van der Waals surface area contributed by atoms with Gasteiger partial charge in [-0.2, -0.15) is 0 Å². The fraction of sp³-hybridized carbons (Fsp3) is 0.333. The van der Waals surface area contributed by atoms with Crippen LogP contribution in [0.1, 0.15) is 25.0 Å². The van der Waals surface area contributed by atoms with E-state index in [1.165, 1.54) is 0 Å². The highest BCUT2D eigenvalue weighted by atomic mass is 31.1. The van der Waals surface area contributed by atoms with Crippen molar-refractivity contribution in [2.75, 3.05) is 12.3 Å². The second kappa shape index (κ2) is 9.70. The van der Waals surface area contributed by atoms with Gasteiger partial charge in [0.05, 0.1) is 13.2 Å². The summed E-state index contributed by atoms with van der Waals surface area (Å²) in [6, 6.07) is 20.4. The zero-order valence-corrected chi connectivity index (χ0v) is 14.2. The van der Waals surface area contributed by atoms with Crippen molar-refractivity contribution in [3.8, 4) is 0 Å². The zero-order chi connectivity index (χ0) is 15.6. The Kier molecular flexibility index (Phi) is 7.55. The van der Waals surface area contributed by atoms with Crippen LogP contribution in [0.2, 0.25) is 0 Å². The second-order valence-electron chi connectivity index (χ2n) is 4.89. The van der Waals surface area contributed by atoms with Gasteiger partial charge in [-0.05, 0) is 28.4 Å². The van der Waals surface area contributed by atoms with Gasteiger partial charge in [0.15, 0.2) is 0 Å². The average molecular weight is 317 g/mol. The van der Waals surface area contributed by atoms with Crippen LogP contribution in [0.4, 0.5) is 0 Å². The highest BCUT2D eigenvalue weighted by Gasteiger charge is 2.17. The largest absolute Gasteiger partial charge is 0.266 e. The molecule has 2 rings (SSSR count). The Labute approximate surface area is 134 Å². The van der Waals surface area contributed by atoms with Gasteiger partial charge in [0, 0.05) is 8.07 Å². The summed E-state index contributed by atoms with van der Waals surface area (Å²) in [6.45, 7) is 5.43. The van der Waals surface area contributed by atoms with Crippen LogP contribution in [0.5, 0.6) is 0 Å². The summed E-state index contributed by atoms with van der Waals surface area (Å²) in [5.74, 6) is 0. The Morgan fingerprint density at radius 2 is 1.14 bits per heavy atom. The molecule has 3 nitrogen and oxygen atoms in total. The summed E-state index contributed by atoms with van der Waals surface area (Å²) in [5.41, 5.74) is 2.30. The Bertz CT molecular complexity index is 474. The van der Waals surface area contributed by atoms with Crippen molar-refractivity contribution in [2.24, 2.45) is 0 Å². The number of nitrogens with zero attached hydrogens (tertiary/aromatic N) is 1. The van der Waals surface area contributed by atoms with Crippen LogP contribution in [0.15, 0.2) is 60.7 Å². The minimum atomic E-state index is -0.423. The molecule has 0 aliphatic heterocycles. The Hall–Kier alpha value is -1.25. The van der Waals surface area contributed by atoms with Gasteiger partial charge in [-0.3, -0.25) is 9.68 Å². The molecule has 0 saturated carbocycles. The summed E-state index contributed by atoms with van der Waals surface area (Å²) >= 11 is 0. The first-order chi connectivity index (χ1) is 10.8. The molecule has 4 heteroatoms. The molecule has 2 aromatic carbocycles. The van der Waals surface area contributed by atoms with E-state index < -0.39 is 8.07 Å². The van der Waals surface area contributed by atoms with Crippen molar-refractivity contribution in [1.82, 2.24) is 5.00 Å². The van der Waals surface area contributed by atoms with E-state index in [-0.39, 0.29) is 0 Å². The Morgan fingerprint density at radius 1 is 0.727 bits per heavy atom. The molecule has 0 aliphatic rings. The summed E-state index contributed by atoms with van der Waals surface area (Å²) in [4.78, 5) is 13.6. The standard InChI is InChI=1S/C18H24NO2P/c1-3-22(4-2)19(20-15-17-11-7-5-8-12-17)21-16-18-13-9-6-10-14-18/h5-14H,3-4,15-16H2,1-2H3. The maximum absolute atomic E-state index is 5.93. The minimum absolute atomic E-state index is 0.423. The van der Waals surface area contributed by atoms with Crippen molar-refractivity contribution in [2.45, 2.75) is 27.1 Å². The Balaban J connectivity index is 1.93. The molecule has 0 aromatic heterocycles. The lowest BCUT2D eigenvalue weighted by molar-refractivity contribution is -0.313. The third kappa shape index (κ3) is 5.51. The quantitative estimate of drug-likeness (QED) is 0.480. The van der Waals surface area contributed by atoms with Crippen LogP contribution < -0.4 is 0 Å². The van der Waals surface area contributed by atoms with Gasteiger partial charge in [-0.1, -0.05) is 74.5 Å². The second-order valence-corrected chi connectivity index (χ2v) is 7.50. The van der Waals surface area contributed by atoms with Gasteiger partial charge in [0.25, 0.3) is 0 Å². The third-order valence-electron chi connectivity index (χ3n) is 3.33. The van der Waals surface area contributed by atoms with E-state index >= 15 is 0 Å². The van der Waals surface area contributed by atoms with Crippen LogP contribution in [0.3, 0.4) is 0 Å². The molecule has 0 unspecified atom stereocenters. The van der Waals surface area contributed by atoms with Crippen LogP contribution in [0, 0.1) is 0 Å². The maximum atomic E-state index is 5.93. The molecule has 0 radical (unpaired) electrons. The van der Waals surface area contributed by atoms with Gasteiger partial charge in [0.1, 0.15) is 0 Å². The molecule has 0 saturated heterocycles. The van der Waals surface area contributed by atoms with Crippen molar-refractivity contribution >= 4 is 8.07 Å². The van der Waals surface area contributed by atoms with E-state index in [1.54, 1.807) is 5.00 Å². The topological polar surface area (TPSA) is 21.7 Å². The summed E-state index contributed by atoms with van der Waals surface area (Å²) in [7, 11) is -0.423. The van der Waals surface area contributed by atoms with Crippen LogP contribution >= 0.6 is 8.07 Å². The molecule has 22 heavy (non-hydrogen) atoms. The molecular formula is C18H24NO2P. The van der Waals surface area contributed by atoms with E-state index in [2.05, 4.69) is 38.1 Å². The molecule has 2 aromatic rings. The van der Waals surface area contributed by atoms with Gasteiger partial charge in [-0.15, -0.1) is 0 Å². The monoisotopic (exact) mass is 317 g/mol. The highest BCUT2D eigenvalue weighted by molar-refractivity contribution is 7.54. The molecule has 0 atom stereocenters. The summed E-state index contributed by atoms with van der Waals surface area (Å²) in [6.07, 6.45) is 2.10. The van der Waals surface area contributed by atoms with Crippen molar-refractivity contribution in [3.63, 3.8) is 0 Å². The van der Waals surface area contributed by atoms with Crippen LogP contribution in [-0.4, -0.2) is 17.3 Å². The van der Waals surface area contributed by atoms with E-state index in [1.807, 2.05) is 36.4 Å². The van der Waals surface area contributed by atoms with Gasteiger partial charge < -0.3 is 0 Å². The summed E-state index contributed by atoms with van der Waals surface area (Å²) < 4.78 is 0.